The van der Waals surface area contributed by atoms with Crippen molar-refractivity contribution in [1.82, 2.24) is 0 Å². The van der Waals surface area contributed by atoms with E-state index in [1.54, 1.807) is 0 Å². The van der Waals surface area contributed by atoms with Gasteiger partial charge in [-0.05, 0) is 0 Å². The Balaban J connectivity index is 0. The molecule has 0 aliphatic carbocycles. The van der Waals surface area contributed by atoms with E-state index in [-0.39, 0.29) is 0 Å². The Kier molecular flexibility index (Phi) is 13.1. The second kappa shape index (κ2) is 11.6. The summed E-state index contributed by atoms with van der Waals surface area (Å²) in [5.74, 6) is -2.62. The molecule has 0 fully saturated rings. The quantitative estimate of drug-likeness (QED) is 0.400. The number of carbonyl (C=O) groups is 2. The van der Waals surface area contributed by atoms with E-state index < -0.39 is 18.4 Å². The Morgan fingerprint density at radius 1 is 1.20 bits per heavy atom. The van der Waals surface area contributed by atoms with Crippen molar-refractivity contribution in [2.24, 2.45) is 0 Å². The Bertz CT molecular complexity index is 168. The van der Waals surface area contributed by atoms with Crippen molar-refractivity contribution >= 4 is 29.7 Å². The zero-order valence-electron chi connectivity index (χ0n) is 9.82. The molecule has 0 radical (unpaired) electrons. The number of rotatable bonds is 6. The molecule has 0 aliphatic rings. The van der Waals surface area contributed by atoms with E-state index in [1.165, 1.54) is 25.7 Å². The van der Waals surface area contributed by atoms with Crippen LogP contribution in [-0.2, 0) is 9.59 Å². The normalized spacial score (nSPS) is 11.2. The Morgan fingerprint density at radius 2 is 1.67 bits per heavy atom. The molecule has 5 heteroatoms. The van der Waals surface area contributed by atoms with Gasteiger partial charge >= 0.3 is 73.8 Å². The average molecular weight is 210 g/mol. The van der Waals surface area contributed by atoms with Gasteiger partial charge in [-0.2, -0.15) is 0 Å². The van der Waals surface area contributed by atoms with Gasteiger partial charge in [0, 0.05) is 0 Å². The molecule has 84 valence electrons. The summed E-state index contributed by atoms with van der Waals surface area (Å²) in [5, 5.41) is 15.4. The molecule has 0 aromatic rings. The molecule has 15 heavy (non-hydrogen) atoms. The van der Waals surface area contributed by atoms with Crippen molar-refractivity contribution in [1.29, 1.82) is 0 Å². The minimum absolute atomic E-state index is 0.806. The molecule has 0 aromatic heterocycles. The molecule has 0 amide bonds. The van der Waals surface area contributed by atoms with E-state index in [0.717, 1.165) is 4.59 Å². The summed E-state index contributed by atoms with van der Waals surface area (Å²) >= 11 is 2.29. The van der Waals surface area contributed by atoms with Crippen LogP contribution in [-0.4, -0.2) is 39.9 Å². The van der Waals surface area contributed by atoms with Crippen LogP contribution in [0.25, 0.3) is 0 Å². The topological polar surface area (TPSA) is 74.6 Å². The molecule has 0 spiro atoms. The number of hydrogen-bond donors (Lipinski definition) is 2. The minimum atomic E-state index is -1.31. The SMILES string of the molecule is O=C(O)CC(=O)O.[Li][CH](C)CCCCC. The van der Waals surface area contributed by atoms with Crippen LogP contribution in [0.4, 0.5) is 0 Å². The van der Waals surface area contributed by atoms with Gasteiger partial charge in [0.2, 0.25) is 0 Å². The zero-order chi connectivity index (χ0) is 12.3. The molecule has 0 bridgehead atoms. The van der Waals surface area contributed by atoms with Crippen molar-refractivity contribution in [3.63, 3.8) is 0 Å². The first kappa shape index (κ1) is 16.9. The monoisotopic (exact) mass is 210 g/mol. The molecule has 0 aromatic carbocycles. The first-order valence-corrected chi connectivity index (χ1v) is 5.33. The molecule has 0 aliphatic heterocycles. The fraction of sp³-hybridized carbons (Fsp3) is 0.800. The van der Waals surface area contributed by atoms with E-state index in [4.69, 9.17) is 10.2 Å². The molecule has 0 heterocycles. The van der Waals surface area contributed by atoms with Gasteiger partial charge in [0.05, 0.1) is 0 Å². The van der Waals surface area contributed by atoms with Gasteiger partial charge in [0.25, 0.3) is 0 Å². The van der Waals surface area contributed by atoms with Crippen LogP contribution < -0.4 is 0 Å². The van der Waals surface area contributed by atoms with Gasteiger partial charge in [0.1, 0.15) is 6.42 Å². The zero-order valence-corrected chi connectivity index (χ0v) is 9.82. The molecule has 1 unspecified atom stereocenters. The summed E-state index contributed by atoms with van der Waals surface area (Å²) in [5.41, 5.74) is 0. The predicted octanol–water partition coefficient (Wildman–Crippen LogP) is 2.09. The molecule has 4 nitrogen and oxygen atoms in total. The third-order valence-corrected chi connectivity index (χ3v) is 1.69. The van der Waals surface area contributed by atoms with Gasteiger partial charge < -0.3 is 10.2 Å². The van der Waals surface area contributed by atoms with Gasteiger partial charge in [0.15, 0.2) is 0 Å². The fourth-order valence-corrected chi connectivity index (χ4v) is 0.932. The van der Waals surface area contributed by atoms with E-state index in [0.29, 0.717) is 0 Å². The Labute approximate surface area is 100 Å². The molecule has 2 N–H and O–H groups in total. The summed E-state index contributed by atoms with van der Waals surface area (Å²) in [6.45, 7) is 4.54. The van der Waals surface area contributed by atoms with Crippen LogP contribution in [0.5, 0.6) is 0 Å². The molecular weight excluding hydrogens is 191 g/mol. The summed E-state index contributed by atoms with van der Waals surface area (Å²) in [4.78, 5) is 18.9. The second-order valence-corrected chi connectivity index (χ2v) is 3.85. The van der Waals surface area contributed by atoms with Crippen molar-refractivity contribution < 1.29 is 19.8 Å². The van der Waals surface area contributed by atoms with E-state index in [9.17, 15) is 9.59 Å². The number of unbranched alkanes of at least 4 members (excludes halogenated alkanes) is 2. The van der Waals surface area contributed by atoms with Gasteiger partial charge in [-0.1, -0.05) is 0 Å². The third-order valence-electron chi connectivity index (χ3n) is 1.69. The van der Waals surface area contributed by atoms with Crippen LogP contribution in [0.1, 0.15) is 46.0 Å². The summed E-state index contributed by atoms with van der Waals surface area (Å²) in [6.07, 6.45) is 4.80. The molecule has 0 saturated heterocycles. The van der Waals surface area contributed by atoms with Crippen molar-refractivity contribution in [2.45, 2.75) is 50.5 Å². The van der Waals surface area contributed by atoms with Crippen molar-refractivity contribution in [3.05, 3.63) is 0 Å². The maximum absolute atomic E-state index is 9.43. The fourth-order valence-electron chi connectivity index (χ4n) is 0.932. The maximum atomic E-state index is 9.43. The molecular formula is C10H19LiO4. The van der Waals surface area contributed by atoms with E-state index in [2.05, 4.69) is 31.6 Å². The standard InChI is InChI=1S/C7H15.C3H4O4.Li/c1-3-5-7-6-4-2;4-2(5)1-3(6)7;/h3H,4-7H2,1-2H3;1H2,(H,4,5)(H,6,7);. The third kappa shape index (κ3) is 24.7. The second-order valence-electron chi connectivity index (χ2n) is 3.85. The Hall–Kier alpha value is -0.463. The van der Waals surface area contributed by atoms with Crippen LogP contribution in [0.3, 0.4) is 0 Å². The van der Waals surface area contributed by atoms with Crippen LogP contribution in [0.15, 0.2) is 0 Å². The van der Waals surface area contributed by atoms with Crippen molar-refractivity contribution in [2.75, 3.05) is 0 Å². The molecule has 0 saturated carbocycles. The molecule has 1 atom stereocenters. The summed E-state index contributed by atoms with van der Waals surface area (Å²) in [7, 11) is 0. The number of carboxylic acid groups (broad SMARTS) is 2. The predicted molar refractivity (Wildman–Crippen MR) is 59.2 cm³/mol. The summed E-state index contributed by atoms with van der Waals surface area (Å²) < 4.78 is 0.904. The van der Waals surface area contributed by atoms with Crippen LogP contribution in [0, 0.1) is 0 Å². The van der Waals surface area contributed by atoms with Gasteiger partial charge in [-0.3, -0.25) is 9.59 Å². The molecule has 0 rings (SSSR count). The number of aliphatic carboxylic acids is 2. The number of carboxylic acids is 2. The van der Waals surface area contributed by atoms with Crippen LogP contribution >= 0.6 is 0 Å². The number of hydrogen-bond acceptors (Lipinski definition) is 2. The first-order valence-electron chi connectivity index (χ1n) is 5.33. The first-order chi connectivity index (χ1) is 6.90. The summed E-state index contributed by atoms with van der Waals surface area (Å²) in [6, 6.07) is 0. The van der Waals surface area contributed by atoms with Gasteiger partial charge in [-0.15, -0.1) is 0 Å². The van der Waals surface area contributed by atoms with E-state index in [1.807, 2.05) is 0 Å². The van der Waals surface area contributed by atoms with Gasteiger partial charge in [-0.25, -0.2) is 0 Å². The Morgan fingerprint density at radius 3 is 1.87 bits per heavy atom. The van der Waals surface area contributed by atoms with E-state index >= 15 is 0 Å². The average Bonchev–Trinajstić information content (AvgIpc) is 2.02. The van der Waals surface area contributed by atoms with Crippen LogP contribution in [0.2, 0.25) is 4.59 Å². The van der Waals surface area contributed by atoms with Crippen molar-refractivity contribution in [3.8, 4) is 0 Å².